The van der Waals surface area contributed by atoms with E-state index in [1.54, 1.807) is 43.3 Å². The summed E-state index contributed by atoms with van der Waals surface area (Å²) in [7, 11) is -5.60. The highest BCUT2D eigenvalue weighted by Crippen LogP contribution is 2.27. The molecule has 0 unspecified atom stereocenters. The predicted molar refractivity (Wildman–Crippen MR) is 107 cm³/mol. The fraction of sp³-hybridized carbons (Fsp3) is 0.300. The first kappa shape index (κ1) is 19.9. The van der Waals surface area contributed by atoms with Gasteiger partial charge in [-0.05, 0) is 31.5 Å². The molecule has 0 saturated carbocycles. The molecule has 0 aliphatic carbocycles. The van der Waals surface area contributed by atoms with Crippen LogP contribution in [0, 0.1) is 6.92 Å². The largest absolute Gasteiger partial charge is 0.375 e. The Balaban J connectivity index is 1.81. The third kappa shape index (κ3) is 4.55. The smallest absolute Gasteiger partial charge is 0.254 e. The van der Waals surface area contributed by atoms with Crippen LogP contribution in [0.5, 0.6) is 0 Å². The molecule has 3 atom stereocenters. The molecule has 0 spiro atoms. The van der Waals surface area contributed by atoms with Gasteiger partial charge in [-0.15, -0.1) is 3.71 Å². The molecule has 27 heavy (non-hydrogen) atoms. The van der Waals surface area contributed by atoms with E-state index in [0.29, 0.717) is 6.61 Å². The summed E-state index contributed by atoms with van der Waals surface area (Å²) in [5.41, 5.74) is 1.96. The number of hydrogen-bond acceptors (Lipinski definition) is 4. The van der Waals surface area contributed by atoms with Crippen molar-refractivity contribution in [1.82, 2.24) is 3.71 Å². The lowest BCUT2D eigenvalue weighted by Crippen LogP contribution is -2.47. The van der Waals surface area contributed by atoms with Crippen LogP contribution in [0.15, 0.2) is 71.6 Å². The molecular weight excluding hydrogens is 382 g/mol. The molecule has 0 N–H and O–H groups in total. The van der Waals surface area contributed by atoms with Gasteiger partial charge in [0.1, 0.15) is 11.0 Å². The van der Waals surface area contributed by atoms with E-state index in [2.05, 4.69) is 0 Å². The molecule has 1 heterocycles. The Kier molecular flexibility index (Phi) is 6.26. The van der Waals surface area contributed by atoms with Crippen LogP contribution in [-0.4, -0.2) is 34.2 Å². The summed E-state index contributed by atoms with van der Waals surface area (Å²) in [5.74, 6) is 0. The van der Waals surface area contributed by atoms with E-state index in [-0.39, 0.29) is 16.8 Å². The lowest BCUT2D eigenvalue weighted by atomic mass is 10.2. The first-order chi connectivity index (χ1) is 12.9. The Labute approximate surface area is 163 Å². The van der Waals surface area contributed by atoms with Gasteiger partial charge in [-0.3, -0.25) is 0 Å². The van der Waals surface area contributed by atoms with E-state index < -0.39 is 27.1 Å². The molecule has 7 heteroatoms. The molecular formula is C20H23NO4S2. The Hall–Kier alpha value is -1.80. The fourth-order valence-electron chi connectivity index (χ4n) is 2.80. The summed E-state index contributed by atoms with van der Waals surface area (Å²) in [4.78, 5) is 0.136. The van der Waals surface area contributed by atoms with Crippen LogP contribution in [-0.2, 0) is 32.4 Å². The van der Waals surface area contributed by atoms with Gasteiger partial charge in [0.05, 0.1) is 29.4 Å². The lowest BCUT2D eigenvalue weighted by molar-refractivity contribution is 0.103. The second-order valence-electron chi connectivity index (χ2n) is 6.51. The molecule has 0 amide bonds. The number of hydrogen-bond donors (Lipinski definition) is 0. The first-order valence-electron chi connectivity index (χ1n) is 8.71. The topological polar surface area (TPSA) is 63.7 Å². The summed E-state index contributed by atoms with van der Waals surface area (Å²) >= 11 is 0. The summed E-state index contributed by atoms with van der Waals surface area (Å²) < 4.78 is 45.9. The molecule has 5 nitrogen and oxygen atoms in total. The van der Waals surface area contributed by atoms with Gasteiger partial charge in [-0.25, -0.2) is 12.6 Å². The van der Waals surface area contributed by atoms with Crippen LogP contribution in [0.4, 0.5) is 0 Å². The number of benzene rings is 2. The first-order valence-corrected chi connectivity index (χ1v) is 11.3. The highest BCUT2D eigenvalue weighted by atomic mass is 32.3. The van der Waals surface area contributed by atoms with Crippen molar-refractivity contribution >= 4 is 21.0 Å². The second kappa shape index (κ2) is 8.48. The minimum atomic E-state index is -3.90. The summed E-state index contributed by atoms with van der Waals surface area (Å²) in [6, 6.07) is 15.6. The van der Waals surface area contributed by atoms with Gasteiger partial charge in [-0.1, -0.05) is 60.2 Å². The third-order valence-electron chi connectivity index (χ3n) is 4.33. The van der Waals surface area contributed by atoms with E-state index in [4.69, 9.17) is 4.74 Å². The zero-order chi connectivity index (χ0) is 19.4. The molecule has 0 saturated heterocycles. The third-order valence-corrected chi connectivity index (χ3v) is 8.39. The quantitative estimate of drug-likeness (QED) is 0.693. The summed E-state index contributed by atoms with van der Waals surface area (Å²) in [5, 5.41) is -0.379. The number of sulfonamides is 1. The maximum Gasteiger partial charge on any atom is 0.254 e. The van der Waals surface area contributed by atoms with Crippen molar-refractivity contribution in [3.63, 3.8) is 0 Å². The fourth-order valence-corrected chi connectivity index (χ4v) is 6.36. The van der Waals surface area contributed by atoms with Gasteiger partial charge >= 0.3 is 0 Å². The van der Waals surface area contributed by atoms with Crippen molar-refractivity contribution in [1.29, 1.82) is 0 Å². The molecule has 144 valence electrons. The van der Waals surface area contributed by atoms with E-state index >= 15 is 0 Å². The van der Waals surface area contributed by atoms with Gasteiger partial charge in [0.25, 0.3) is 10.0 Å². The Morgan fingerprint density at radius 1 is 1.04 bits per heavy atom. The van der Waals surface area contributed by atoms with E-state index in [9.17, 15) is 12.6 Å². The molecule has 1 aliphatic heterocycles. The van der Waals surface area contributed by atoms with Crippen molar-refractivity contribution in [2.45, 2.75) is 36.6 Å². The van der Waals surface area contributed by atoms with Crippen molar-refractivity contribution in [3.05, 3.63) is 77.9 Å². The van der Waals surface area contributed by atoms with Crippen LogP contribution in [0.25, 0.3) is 0 Å². The van der Waals surface area contributed by atoms with Crippen LogP contribution in [0.1, 0.15) is 18.1 Å². The zero-order valence-electron chi connectivity index (χ0n) is 15.3. The number of aryl methyl sites for hydroxylation is 1. The highest BCUT2D eigenvalue weighted by molar-refractivity contribution is 8.01. The molecule has 3 rings (SSSR count). The van der Waals surface area contributed by atoms with Crippen molar-refractivity contribution < 1.29 is 17.4 Å². The zero-order valence-corrected chi connectivity index (χ0v) is 16.9. The normalized spacial score (nSPS) is 23.4. The van der Waals surface area contributed by atoms with Gasteiger partial charge in [0, 0.05) is 0 Å². The van der Waals surface area contributed by atoms with E-state index in [0.717, 1.165) is 14.8 Å². The highest BCUT2D eigenvalue weighted by Gasteiger charge is 2.39. The minimum Gasteiger partial charge on any atom is -0.375 e. The maximum absolute atomic E-state index is 13.1. The van der Waals surface area contributed by atoms with Crippen LogP contribution in [0.2, 0.25) is 0 Å². The van der Waals surface area contributed by atoms with Crippen molar-refractivity contribution in [2.75, 3.05) is 6.61 Å². The molecule has 0 fully saturated rings. The summed E-state index contributed by atoms with van der Waals surface area (Å²) in [6.45, 7) is 4.13. The van der Waals surface area contributed by atoms with Gasteiger partial charge in [0.15, 0.2) is 0 Å². The predicted octanol–water partition coefficient (Wildman–Crippen LogP) is 3.19. The van der Waals surface area contributed by atoms with Gasteiger partial charge in [0.2, 0.25) is 0 Å². The molecule has 2 aromatic rings. The SMILES string of the molecule is Cc1ccc(S(=O)(=O)N2[C@@H](COCc3ccccc3)C=C[C@@H](C)[S@@]2=O)cc1. The number of rotatable bonds is 6. The average Bonchev–Trinajstić information content (AvgIpc) is 2.65. The van der Waals surface area contributed by atoms with Crippen LogP contribution < -0.4 is 0 Å². The maximum atomic E-state index is 13.1. The van der Waals surface area contributed by atoms with Crippen LogP contribution >= 0.6 is 0 Å². The minimum absolute atomic E-state index is 0.134. The van der Waals surface area contributed by atoms with Gasteiger partial charge < -0.3 is 4.74 Å². The number of nitrogens with zero attached hydrogens (tertiary/aromatic N) is 1. The average molecular weight is 406 g/mol. The monoisotopic (exact) mass is 405 g/mol. The number of ether oxygens (including phenoxy) is 1. The summed E-state index contributed by atoms with van der Waals surface area (Å²) in [6.07, 6.45) is 3.55. The Bertz CT molecular complexity index is 924. The Morgan fingerprint density at radius 2 is 1.70 bits per heavy atom. The standard InChI is InChI=1S/C20H23NO4S2/c1-16-8-12-20(13-9-16)27(23,24)21-19(11-10-17(2)26(21)22)15-25-14-18-6-4-3-5-7-18/h3-13,17,19H,14-15H2,1-2H3/t17-,19-,26+/m1/s1. The molecule has 1 aliphatic rings. The van der Waals surface area contributed by atoms with E-state index in [1.807, 2.05) is 37.3 Å². The molecule has 0 bridgehead atoms. The van der Waals surface area contributed by atoms with E-state index in [1.165, 1.54) is 0 Å². The molecule has 2 aromatic carbocycles. The van der Waals surface area contributed by atoms with Gasteiger partial charge in [-0.2, -0.15) is 0 Å². The lowest BCUT2D eigenvalue weighted by Gasteiger charge is -2.32. The second-order valence-corrected chi connectivity index (χ2v) is 10.2. The molecule has 0 radical (unpaired) electrons. The molecule has 0 aromatic heterocycles. The Morgan fingerprint density at radius 3 is 2.37 bits per heavy atom. The van der Waals surface area contributed by atoms with Crippen LogP contribution in [0.3, 0.4) is 0 Å². The van der Waals surface area contributed by atoms with Crippen molar-refractivity contribution in [2.24, 2.45) is 0 Å². The van der Waals surface area contributed by atoms with Crippen molar-refractivity contribution in [3.8, 4) is 0 Å².